The summed E-state index contributed by atoms with van der Waals surface area (Å²) in [5, 5.41) is 6.59. The highest BCUT2D eigenvalue weighted by Crippen LogP contribution is 2.35. The molecule has 2 aliphatic rings. The zero-order valence-electron chi connectivity index (χ0n) is 23.2. The number of aryl methyl sites for hydroxylation is 1. The first-order valence-electron chi connectivity index (χ1n) is 13.6. The number of halogens is 1. The fraction of sp³-hybridized carbons (Fsp3) is 0.323. The van der Waals surface area contributed by atoms with Crippen molar-refractivity contribution in [3.8, 4) is 0 Å². The molecule has 0 bridgehead atoms. The van der Waals surface area contributed by atoms with Gasteiger partial charge >= 0.3 is 0 Å². The van der Waals surface area contributed by atoms with Gasteiger partial charge in [-0.2, -0.15) is 0 Å². The van der Waals surface area contributed by atoms with E-state index in [1.165, 1.54) is 0 Å². The van der Waals surface area contributed by atoms with Gasteiger partial charge < -0.3 is 25.4 Å². The van der Waals surface area contributed by atoms with Gasteiger partial charge in [0.1, 0.15) is 0 Å². The number of hydrogen-bond donors (Lipinski definition) is 3. The summed E-state index contributed by atoms with van der Waals surface area (Å²) in [6.07, 6.45) is 2.47. The molecule has 0 aliphatic carbocycles. The molecule has 8 nitrogen and oxygen atoms in total. The van der Waals surface area contributed by atoms with Crippen LogP contribution in [-0.2, 0) is 4.79 Å². The molecule has 0 spiro atoms. The summed E-state index contributed by atoms with van der Waals surface area (Å²) in [6, 6.07) is 12.5. The van der Waals surface area contributed by atoms with Crippen LogP contribution in [0.2, 0.25) is 5.02 Å². The molecule has 1 fully saturated rings. The van der Waals surface area contributed by atoms with Gasteiger partial charge in [-0.15, -0.1) is 0 Å². The van der Waals surface area contributed by atoms with E-state index in [9.17, 15) is 14.4 Å². The quantitative estimate of drug-likeness (QED) is 0.368. The van der Waals surface area contributed by atoms with Crippen molar-refractivity contribution in [1.29, 1.82) is 0 Å². The second-order valence-electron chi connectivity index (χ2n) is 10.5. The molecular weight excluding hydrogens is 526 g/mol. The molecule has 40 heavy (non-hydrogen) atoms. The summed E-state index contributed by atoms with van der Waals surface area (Å²) in [7, 11) is 2.06. The van der Waals surface area contributed by atoms with Crippen molar-refractivity contribution >= 4 is 46.7 Å². The van der Waals surface area contributed by atoms with Crippen molar-refractivity contribution in [3.63, 3.8) is 0 Å². The van der Waals surface area contributed by atoms with Gasteiger partial charge in [0.15, 0.2) is 0 Å². The van der Waals surface area contributed by atoms with Crippen LogP contribution in [0.4, 0.5) is 5.69 Å². The SMILES string of the molecule is CCC(NC(=O)c1ccc2c(c1)C(=Cc1[nH]c(C)c(C(=O)N3CCN(C)CC3)c1C)C(=O)N2)c1cccc(Cl)c1. The van der Waals surface area contributed by atoms with Crippen molar-refractivity contribution < 1.29 is 14.4 Å². The first-order chi connectivity index (χ1) is 19.2. The first-order valence-corrected chi connectivity index (χ1v) is 13.9. The number of carbonyl (C=O) groups is 3. The smallest absolute Gasteiger partial charge is 0.256 e. The molecule has 3 N–H and O–H groups in total. The summed E-state index contributed by atoms with van der Waals surface area (Å²) in [5.41, 5.74) is 6.03. The topological polar surface area (TPSA) is 97.5 Å². The van der Waals surface area contributed by atoms with Crippen LogP contribution in [0.1, 0.15) is 68.2 Å². The minimum absolute atomic E-state index is 0.00409. The van der Waals surface area contributed by atoms with E-state index in [0.29, 0.717) is 58.2 Å². The molecule has 1 aromatic heterocycles. The largest absolute Gasteiger partial charge is 0.358 e. The van der Waals surface area contributed by atoms with Crippen molar-refractivity contribution in [2.45, 2.75) is 33.2 Å². The lowest BCUT2D eigenvalue weighted by Gasteiger charge is -2.32. The van der Waals surface area contributed by atoms with Crippen LogP contribution in [0.15, 0.2) is 42.5 Å². The third kappa shape index (κ3) is 5.42. The van der Waals surface area contributed by atoms with Gasteiger partial charge in [-0.05, 0) is 74.9 Å². The summed E-state index contributed by atoms with van der Waals surface area (Å²) in [6.45, 7) is 8.85. The molecule has 208 valence electrons. The van der Waals surface area contributed by atoms with Gasteiger partial charge in [-0.1, -0.05) is 30.7 Å². The zero-order chi connectivity index (χ0) is 28.6. The minimum atomic E-state index is -0.253. The van der Waals surface area contributed by atoms with E-state index in [4.69, 9.17) is 11.6 Å². The number of benzene rings is 2. The maximum Gasteiger partial charge on any atom is 0.256 e. The van der Waals surface area contributed by atoms with Gasteiger partial charge in [0, 0.05) is 59.4 Å². The van der Waals surface area contributed by atoms with E-state index >= 15 is 0 Å². The molecule has 0 radical (unpaired) electrons. The third-order valence-electron chi connectivity index (χ3n) is 7.80. The standard InChI is InChI=1S/C31H34ClN5O3/c1-5-25(20-7-6-8-22(32)15-20)34-29(38)21-9-10-26-23(16-21)24(30(39)35-26)17-27-18(2)28(19(3)33-27)31(40)37-13-11-36(4)12-14-37/h6-10,15-17,25,33H,5,11-14H2,1-4H3,(H,34,38)(H,35,39). The average molecular weight is 560 g/mol. The normalized spacial score (nSPS) is 17.1. The molecule has 1 atom stereocenters. The van der Waals surface area contributed by atoms with Gasteiger partial charge in [0.25, 0.3) is 17.7 Å². The average Bonchev–Trinajstić information content (AvgIpc) is 3.40. The number of likely N-dealkylation sites (N-methyl/N-ethyl adjacent to an activating group) is 1. The van der Waals surface area contributed by atoms with E-state index in [-0.39, 0.29) is 23.8 Å². The van der Waals surface area contributed by atoms with E-state index in [0.717, 1.165) is 29.9 Å². The monoisotopic (exact) mass is 559 g/mol. The highest BCUT2D eigenvalue weighted by molar-refractivity contribution is 6.35. The van der Waals surface area contributed by atoms with Gasteiger partial charge in [0.2, 0.25) is 0 Å². The third-order valence-corrected chi connectivity index (χ3v) is 8.03. The predicted octanol–water partition coefficient (Wildman–Crippen LogP) is 5.05. The highest BCUT2D eigenvalue weighted by Gasteiger charge is 2.29. The van der Waals surface area contributed by atoms with Crippen molar-refractivity contribution in [1.82, 2.24) is 20.1 Å². The Hall–Kier alpha value is -3.88. The van der Waals surface area contributed by atoms with Crippen LogP contribution >= 0.6 is 11.6 Å². The number of anilines is 1. The fourth-order valence-corrected chi connectivity index (χ4v) is 5.61. The number of rotatable bonds is 6. The molecule has 0 saturated carbocycles. The van der Waals surface area contributed by atoms with Crippen molar-refractivity contribution in [2.75, 3.05) is 38.5 Å². The van der Waals surface area contributed by atoms with Crippen LogP contribution in [0.25, 0.3) is 11.6 Å². The van der Waals surface area contributed by atoms with E-state index in [1.54, 1.807) is 30.3 Å². The molecule has 3 amide bonds. The van der Waals surface area contributed by atoms with E-state index < -0.39 is 0 Å². The molecule has 2 aliphatic heterocycles. The molecule has 3 heterocycles. The lowest BCUT2D eigenvalue weighted by atomic mass is 10.0. The lowest BCUT2D eigenvalue weighted by molar-refractivity contribution is -0.110. The molecular formula is C31H34ClN5O3. The Morgan fingerprint density at radius 1 is 1.10 bits per heavy atom. The second kappa shape index (κ2) is 11.3. The molecule has 3 aromatic rings. The Bertz CT molecular complexity index is 1520. The second-order valence-corrected chi connectivity index (χ2v) is 11.0. The van der Waals surface area contributed by atoms with Crippen LogP contribution < -0.4 is 10.6 Å². The number of H-pyrrole nitrogens is 1. The van der Waals surface area contributed by atoms with Gasteiger partial charge in [-0.25, -0.2) is 0 Å². The number of aromatic amines is 1. The number of aromatic nitrogens is 1. The molecule has 1 unspecified atom stereocenters. The summed E-state index contributed by atoms with van der Waals surface area (Å²) in [5.74, 6) is -0.485. The Morgan fingerprint density at radius 3 is 2.55 bits per heavy atom. The molecule has 2 aromatic carbocycles. The van der Waals surface area contributed by atoms with Crippen LogP contribution in [-0.4, -0.2) is 65.7 Å². The molecule has 9 heteroatoms. The molecule has 1 saturated heterocycles. The van der Waals surface area contributed by atoms with Crippen LogP contribution in [0.5, 0.6) is 0 Å². The highest BCUT2D eigenvalue weighted by atomic mass is 35.5. The van der Waals surface area contributed by atoms with Crippen molar-refractivity contribution in [3.05, 3.63) is 86.7 Å². The Kier molecular flexibility index (Phi) is 7.83. The molecule has 5 rings (SSSR count). The zero-order valence-corrected chi connectivity index (χ0v) is 24.0. The Morgan fingerprint density at radius 2 is 1.85 bits per heavy atom. The van der Waals surface area contributed by atoms with Gasteiger partial charge in [-0.3, -0.25) is 14.4 Å². The van der Waals surface area contributed by atoms with Gasteiger partial charge in [0.05, 0.1) is 17.2 Å². The van der Waals surface area contributed by atoms with Crippen LogP contribution in [0.3, 0.4) is 0 Å². The van der Waals surface area contributed by atoms with Crippen LogP contribution in [0, 0.1) is 13.8 Å². The first kappa shape index (κ1) is 27.7. The van der Waals surface area contributed by atoms with E-state index in [2.05, 4.69) is 27.6 Å². The summed E-state index contributed by atoms with van der Waals surface area (Å²) in [4.78, 5) is 47.0. The number of fused-ring (bicyclic) bond motifs is 1. The summed E-state index contributed by atoms with van der Waals surface area (Å²) >= 11 is 6.16. The lowest BCUT2D eigenvalue weighted by Crippen LogP contribution is -2.47. The number of carbonyl (C=O) groups excluding carboxylic acids is 3. The number of nitrogens with one attached hydrogen (secondary N) is 3. The van der Waals surface area contributed by atoms with Crippen molar-refractivity contribution in [2.24, 2.45) is 0 Å². The summed E-state index contributed by atoms with van der Waals surface area (Å²) < 4.78 is 0. The minimum Gasteiger partial charge on any atom is -0.358 e. The number of hydrogen-bond acceptors (Lipinski definition) is 4. The van der Waals surface area contributed by atoms with E-state index in [1.807, 2.05) is 43.9 Å². The maximum atomic E-state index is 13.4. The number of piperazine rings is 1. The number of nitrogens with zero attached hydrogens (tertiary/aromatic N) is 2. The Labute approximate surface area is 239 Å². The maximum absolute atomic E-state index is 13.4. The number of amides is 3. The predicted molar refractivity (Wildman–Crippen MR) is 159 cm³/mol. The Balaban J connectivity index is 1.41. The fourth-order valence-electron chi connectivity index (χ4n) is 5.41.